The van der Waals surface area contributed by atoms with E-state index < -0.39 is 11.6 Å². The monoisotopic (exact) mass is 338 g/mol. The van der Waals surface area contributed by atoms with Crippen molar-refractivity contribution in [1.29, 1.82) is 0 Å². The van der Waals surface area contributed by atoms with Gasteiger partial charge in [-0.15, -0.1) is 0 Å². The fraction of sp³-hybridized carbons (Fsp3) is 0.556. The van der Waals surface area contributed by atoms with Gasteiger partial charge in [0.2, 0.25) is 11.8 Å². The lowest BCUT2D eigenvalue weighted by molar-refractivity contribution is -0.143. The van der Waals surface area contributed by atoms with Crippen LogP contribution in [0.1, 0.15) is 39.2 Å². The van der Waals surface area contributed by atoms with Crippen LogP contribution < -0.4 is 5.32 Å². The third-order valence-corrected chi connectivity index (χ3v) is 4.43. The average molecular weight is 338 g/mol. The van der Waals surface area contributed by atoms with Gasteiger partial charge in [-0.25, -0.2) is 8.78 Å². The number of amides is 2. The normalized spacial score (nSPS) is 21.2. The van der Waals surface area contributed by atoms with Crippen molar-refractivity contribution in [2.75, 3.05) is 6.54 Å². The second kappa shape index (κ2) is 7.73. The molecule has 1 heterocycles. The lowest BCUT2D eigenvalue weighted by Gasteiger charge is -2.39. The van der Waals surface area contributed by atoms with Gasteiger partial charge in [-0.05, 0) is 25.3 Å². The van der Waals surface area contributed by atoms with Crippen LogP contribution >= 0.6 is 0 Å². The van der Waals surface area contributed by atoms with Crippen molar-refractivity contribution in [3.8, 4) is 0 Å². The molecule has 1 aliphatic heterocycles. The zero-order chi connectivity index (χ0) is 17.9. The Morgan fingerprint density at radius 3 is 2.71 bits per heavy atom. The van der Waals surface area contributed by atoms with Crippen molar-refractivity contribution in [2.24, 2.45) is 11.8 Å². The summed E-state index contributed by atoms with van der Waals surface area (Å²) in [5, 5.41) is 2.71. The zero-order valence-corrected chi connectivity index (χ0v) is 14.3. The second-order valence-corrected chi connectivity index (χ2v) is 6.78. The Morgan fingerprint density at radius 1 is 1.38 bits per heavy atom. The van der Waals surface area contributed by atoms with Gasteiger partial charge in [0.25, 0.3) is 0 Å². The zero-order valence-electron chi connectivity index (χ0n) is 14.3. The molecular formula is C18H24F2N2O2. The van der Waals surface area contributed by atoms with E-state index in [0.29, 0.717) is 25.3 Å². The van der Waals surface area contributed by atoms with Gasteiger partial charge in [-0.2, -0.15) is 0 Å². The third-order valence-electron chi connectivity index (χ3n) is 4.43. The van der Waals surface area contributed by atoms with Gasteiger partial charge in [0, 0.05) is 37.2 Å². The quantitative estimate of drug-likeness (QED) is 0.897. The topological polar surface area (TPSA) is 49.4 Å². The predicted octanol–water partition coefficient (Wildman–Crippen LogP) is 2.86. The molecule has 2 amide bonds. The first-order valence-corrected chi connectivity index (χ1v) is 8.30. The van der Waals surface area contributed by atoms with E-state index in [1.807, 2.05) is 20.8 Å². The molecule has 6 heteroatoms. The summed E-state index contributed by atoms with van der Waals surface area (Å²) >= 11 is 0. The van der Waals surface area contributed by atoms with Gasteiger partial charge in [0.15, 0.2) is 0 Å². The molecule has 4 nitrogen and oxygen atoms in total. The molecular weight excluding hydrogens is 314 g/mol. The Hall–Kier alpha value is -1.98. The van der Waals surface area contributed by atoms with Gasteiger partial charge in [0.05, 0.1) is 5.92 Å². The summed E-state index contributed by atoms with van der Waals surface area (Å²) in [6.07, 6.45) is 0.840. The molecule has 1 aliphatic rings. The number of benzene rings is 1. The van der Waals surface area contributed by atoms with Crippen molar-refractivity contribution < 1.29 is 18.4 Å². The van der Waals surface area contributed by atoms with E-state index in [9.17, 15) is 18.4 Å². The van der Waals surface area contributed by atoms with Crippen LogP contribution in [0.5, 0.6) is 0 Å². The fourth-order valence-corrected chi connectivity index (χ4v) is 3.10. The molecule has 1 N–H and O–H groups in total. The molecule has 0 saturated carbocycles. The van der Waals surface area contributed by atoms with Gasteiger partial charge < -0.3 is 10.2 Å². The molecule has 132 valence electrons. The number of hydrogen-bond acceptors (Lipinski definition) is 2. The minimum atomic E-state index is -0.677. The number of carbonyl (C=O) groups is 2. The first kappa shape index (κ1) is 18.4. The number of piperidine rings is 1. The van der Waals surface area contributed by atoms with E-state index in [0.717, 1.165) is 12.1 Å². The van der Waals surface area contributed by atoms with Crippen molar-refractivity contribution in [1.82, 2.24) is 10.2 Å². The summed E-state index contributed by atoms with van der Waals surface area (Å²) in [6.45, 7) is 6.56. The molecule has 1 saturated heterocycles. The predicted molar refractivity (Wildman–Crippen MR) is 86.9 cm³/mol. The molecule has 1 aromatic carbocycles. The molecule has 2 rings (SSSR count). The van der Waals surface area contributed by atoms with E-state index in [1.165, 1.54) is 6.07 Å². The van der Waals surface area contributed by atoms with Crippen LogP contribution in [0.2, 0.25) is 0 Å². The lowest BCUT2D eigenvalue weighted by atomic mass is 9.88. The van der Waals surface area contributed by atoms with E-state index in [1.54, 1.807) is 4.90 Å². The Balaban J connectivity index is 1.99. The van der Waals surface area contributed by atoms with E-state index in [4.69, 9.17) is 0 Å². The summed E-state index contributed by atoms with van der Waals surface area (Å²) in [4.78, 5) is 26.3. The van der Waals surface area contributed by atoms with Crippen LogP contribution in [0.3, 0.4) is 0 Å². The maximum Gasteiger partial charge on any atom is 0.225 e. The molecule has 2 unspecified atom stereocenters. The summed E-state index contributed by atoms with van der Waals surface area (Å²) < 4.78 is 26.5. The highest BCUT2D eigenvalue weighted by Crippen LogP contribution is 2.25. The summed E-state index contributed by atoms with van der Waals surface area (Å²) in [5.41, 5.74) is 0.239. The molecule has 2 atom stereocenters. The SMILES string of the molecule is CC(C)CN1C(=O)CCC(C(=O)NCc2ccc(F)cc2F)C1C. The summed E-state index contributed by atoms with van der Waals surface area (Å²) in [5.74, 6) is -1.44. The van der Waals surface area contributed by atoms with Crippen LogP contribution in [-0.2, 0) is 16.1 Å². The highest BCUT2D eigenvalue weighted by atomic mass is 19.1. The smallest absolute Gasteiger partial charge is 0.225 e. The number of nitrogens with one attached hydrogen (secondary N) is 1. The molecule has 0 aromatic heterocycles. The number of hydrogen-bond donors (Lipinski definition) is 1. The minimum absolute atomic E-state index is 0.00624. The van der Waals surface area contributed by atoms with Gasteiger partial charge >= 0.3 is 0 Å². The largest absolute Gasteiger partial charge is 0.352 e. The molecule has 0 aliphatic carbocycles. The summed E-state index contributed by atoms with van der Waals surface area (Å²) in [7, 11) is 0. The first-order valence-electron chi connectivity index (χ1n) is 8.30. The number of likely N-dealkylation sites (tertiary alicyclic amines) is 1. The number of nitrogens with zero attached hydrogens (tertiary/aromatic N) is 1. The molecule has 24 heavy (non-hydrogen) atoms. The van der Waals surface area contributed by atoms with E-state index >= 15 is 0 Å². The van der Waals surface area contributed by atoms with Crippen LogP contribution in [-0.4, -0.2) is 29.3 Å². The highest BCUT2D eigenvalue weighted by Gasteiger charge is 2.36. The number of halogens is 2. The molecule has 1 fully saturated rings. The van der Waals surface area contributed by atoms with Crippen molar-refractivity contribution >= 4 is 11.8 Å². The lowest BCUT2D eigenvalue weighted by Crippen LogP contribution is -2.52. The maximum atomic E-state index is 13.6. The molecule has 1 aromatic rings. The Morgan fingerprint density at radius 2 is 2.08 bits per heavy atom. The summed E-state index contributed by atoms with van der Waals surface area (Å²) in [6, 6.07) is 3.10. The fourth-order valence-electron chi connectivity index (χ4n) is 3.10. The standard InChI is InChI=1S/C18H24F2N2O2/c1-11(2)10-22-12(3)15(6-7-17(22)23)18(24)21-9-13-4-5-14(19)8-16(13)20/h4-5,8,11-12,15H,6-7,9-10H2,1-3H3,(H,21,24). The number of carbonyl (C=O) groups excluding carboxylic acids is 2. The maximum absolute atomic E-state index is 13.6. The number of rotatable bonds is 5. The third kappa shape index (κ3) is 4.30. The van der Waals surface area contributed by atoms with Crippen molar-refractivity contribution in [3.63, 3.8) is 0 Å². The Bertz CT molecular complexity index is 619. The average Bonchev–Trinajstić information content (AvgIpc) is 2.50. The van der Waals surface area contributed by atoms with Gasteiger partial charge in [-0.1, -0.05) is 19.9 Å². The van der Waals surface area contributed by atoms with Crippen molar-refractivity contribution in [2.45, 2.75) is 46.2 Å². The Labute approximate surface area is 141 Å². The van der Waals surface area contributed by atoms with Crippen LogP contribution in [0, 0.1) is 23.5 Å². The van der Waals surface area contributed by atoms with Crippen LogP contribution in [0.25, 0.3) is 0 Å². The first-order chi connectivity index (χ1) is 11.3. The van der Waals surface area contributed by atoms with Crippen LogP contribution in [0.4, 0.5) is 8.78 Å². The minimum Gasteiger partial charge on any atom is -0.352 e. The second-order valence-electron chi connectivity index (χ2n) is 6.78. The molecule has 0 bridgehead atoms. The molecule has 0 spiro atoms. The van der Waals surface area contributed by atoms with Crippen LogP contribution in [0.15, 0.2) is 18.2 Å². The van der Waals surface area contributed by atoms with E-state index in [2.05, 4.69) is 5.32 Å². The van der Waals surface area contributed by atoms with E-state index in [-0.39, 0.29) is 35.9 Å². The Kier molecular flexibility index (Phi) is 5.91. The van der Waals surface area contributed by atoms with Crippen molar-refractivity contribution in [3.05, 3.63) is 35.4 Å². The van der Waals surface area contributed by atoms with Gasteiger partial charge in [0.1, 0.15) is 11.6 Å². The molecule has 0 radical (unpaired) electrons. The highest BCUT2D eigenvalue weighted by molar-refractivity contribution is 5.84. The van der Waals surface area contributed by atoms with Gasteiger partial charge in [-0.3, -0.25) is 9.59 Å².